The van der Waals surface area contributed by atoms with Crippen molar-refractivity contribution in [3.05, 3.63) is 89.6 Å². The number of urea groups is 1. The number of hydrogen-bond acceptors (Lipinski definition) is 2. The maximum atomic E-state index is 13.3. The van der Waals surface area contributed by atoms with Crippen molar-refractivity contribution in [2.45, 2.75) is 19.9 Å². The summed E-state index contributed by atoms with van der Waals surface area (Å²) in [4.78, 5) is 25.5. The van der Waals surface area contributed by atoms with Crippen molar-refractivity contribution < 1.29 is 9.59 Å². The SMILES string of the molecule is C=C1NC(=O)N[C@@H](c2cccc3ccccc23)[C@@H]1C(=O)Nc1cc(C)ccc1C. The molecule has 3 N–H and O–H groups in total. The van der Waals surface area contributed by atoms with Crippen LogP contribution in [0.4, 0.5) is 10.5 Å². The lowest BCUT2D eigenvalue weighted by Gasteiger charge is -2.34. The van der Waals surface area contributed by atoms with E-state index >= 15 is 0 Å². The van der Waals surface area contributed by atoms with Gasteiger partial charge in [-0.2, -0.15) is 0 Å². The zero-order valence-electron chi connectivity index (χ0n) is 16.5. The average Bonchev–Trinajstić information content (AvgIpc) is 2.69. The van der Waals surface area contributed by atoms with E-state index in [1.165, 1.54) is 0 Å². The summed E-state index contributed by atoms with van der Waals surface area (Å²) < 4.78 is 0. The van der Waals surface area contributed by atoms with Gasteiger partial charge in [-0.05, 0) is 47.4 Å². The molecule has 5 nitrogen and oxygen atoms in total. The van der Waals surface area contributed by atoms with Crippen LogP contribution in [0.1, 0.15) is 22.7 Å². The van der Waals surface area contributed by atoms with Crippen LogP contribution in [-0.2, 0) is 4.79 Å². The second-order valence-corrected chi connectivity index (χ2v) is 7.46. The smallest absolute Gasteiger partial charge is 0.319 e. The summed E-state index contributed by atoms with van der Waals surface area (Å²) in [7, 11) is 0. The van der Waals surface area contributed by atoms with E-state index in [0.717, 1.165) is 33.2 Å². The fourth-order valence-corrected chi connectivity index (χ4v) is 3.85. The second kappa shape index (κ2) is 7.43. The first-order chi connectivity index (χ1) is 13.9. The Morgan fingerprint density at radius 2 is 1.79 bits per heavy atom. The summed E-state index contributed by atoms with van der Waals surface area (Å²) in [6.45, 7) is 7.90. The molecule has 0 unspecified atom stereocenters. The first-order valence-electron chi connectivity index (χ1n) is 9.56. The highest BCUT2D eigenvalue weighted by atomic mass is 16.2. The molecule has 0 spiro atoms. The van der Waals surface area contributed by atoms with E-state index in [9.17, 15) is 9.59 Å². The first-order valence-corrected chi connectivity index (χ1v) is 9.56. The van der Waals surface area contributed by atoms with Crippen LogP contribution in [0.25, 0.3) is 10.8 Å². The molecular formula is C24H23N3O2. The molecule has 1 heterocycles. The lowest BCUT2D eigenvalue weighted by molar-refractivity contribution is -0.119. The Balaban J connectivity index is 1.74. The Hall–Kier alpha value is -3.60. The number of nitrogens with one attached hydrogen (secondary N) is 3. The third-order valence-corrected chi connectivity index (χ3v) is 5.36. The van der Waals surface area contributed by atoms with Gasteiger partial charge < -0.3 is 16.0 Å². The molecule has 1 aliphatic rings. The largest absolute Gasteiger partial charge is 0.330 e. The van der Waals surface area contributed by atoms with Crippen LogP contribution in [0.5, 0.6) is 0 Å². The van der Waals surface area contributed by atoms with E-state index in [1.54, 1.807) is 0 Å². The number of fused-ring (bicyclic) bond motifs is 1. The minimum Gasteiger partial charge on any atom is -0.330 e. The van der Waals surface area contributed by atoms with Crippen molar-refractivity contribution in [3.63, 3.8) is 0 Å². The highest BCUT2D eigenvalue weighted by Crippen LogP contribution is 2.34. The molecule has 1 saturated heterocycles. The third kappa shape index (κ3) is 3.59. The van der Waals surface area contributed by atoms with E-state index in [0.29, 0.717) is 5.70 Å². The van der Waals surface area contributed by atoms with Crippen molar-refractivity contribution in [2.24, 2.45) is 5.92 Å². The average molecular weight is 385 g/mol. The standard InChI is InChI=1S/C24H23N3O2/c1-14-11-12-15(2)20(13-14)26-23(28)21-16(3)25-24(29)27-22(21)19-10-6-8-17-7-4-5-9-18(17)19/h4-13,21-22H,3H2,1-2H3,(H,26,28)(H2,25,27,29)/t21-,22+/m1/s1. The summed E-state index contributed by atoms with van der Waals surface area (Å²) in [6.07, 6.45) is 0. The molecule has 0 radical (unpaired) electrons. The molecule has 1 fully saturated rings. The maximum Gasteiger partial charge on any atom is 0.319 e. The summed E-state index contributed by atoms with van der Waals surface area (Å²) in [6, 6.07) is 18.9. The van der Waals surface area contributed by atoms with Crippen LogP contribution in [0.15, 0.2) is 72.9 Å². The number of aryl methyl sites for hydroxylation is 2. The van der Waals surface area contributed by atoms with Gasteiger partial charge in [0.1, 0.15) is 5.92 Å². The zero-order valence-corrected chi connectivity index (χ0v) is 16.5. The van der Waals surface area contributed by atoms with Crippen LogP contribution < -0.4 is 16.0 Å². The molecule has 0 bridgehead atoms. The molecule has 0 aromatic heterocycles. The number of rotatable bonds is 3. The fourth-order valence-electron chi connectivity index (χ4n) is 3.85. The Bertz CT molecular complexity index is 1130. The topological polar surface area (TPSA) is 70.2 Å². The van der Waals surface area contributed by atoms with Gasteiger partial charge in [0.25, 0.3) is 0 Å². The van der Waals surface area contributed by atoms with Gasteiger partial charge in [-0.25, -0.2) is 4.79 Å². The Kier molecular flexibility index (Phi) is 4.80. The van der Waals surface area contributed by atoms with Crippen molar-refractivity contribution in [2.75, 3.05) is 5.32 Å². The fraction of sp³-hybridized carbons (Fsp3) is 0.167. The molecule has 0 aliphatic carbocycles. The zero-order chi connectivity index (χ0) is 20.5. The number of carbonyl (C=O) groups excluding carboxylic acids is 2. The van der Waals surface area contributed by atoms with Crippen LogP contribution in [0.2, 0.25) is 0 Å². The molecule has 2 atom stereocenters. The number of anilines is 1. The minimum absolute atomic E-state index is 0.214. The molecule has 146 valence electrons. The predicted octanol–water partition coefficient (Wildman–Crippen LogP) is 4.58. The van der Waals surface area contributed by atoms with E-state index in [4.69, 9.17) is 0 Å². The molecule has 3 amide bonds. The summed E-state index contributed by atoms with van der Waals surface area (Å²) in [5, 5.41) is 10.7. The second-order valence-electron chi connectivity index (χ2n) is 7.46. The normalized spacial score (nSPS) is 18.8. The van der Waals surface area contributed by atoms with Gasteiger partial charge in [-0.3, -0.25) is 4.79 Å². The first kappa shape index (κ1) is 18.7. The van der Waals surface area contributed by atoms with Gasteiger partial charge in [-0.15, -0.1) is 0 Å². The van der Waals surface area contributed by atoms with E-state index < -0.39 is 12.0 Å². The third-order valence-electron chi connectivity index (χ3n) is 5.36. The van der Waals surface area contributed by atoms with Gasteiger partial charge in [0.05, 0.1) is 6.04 Å². The van der Waals surface area contributed by atoms with Gasteiger partial charge in [0.2, 0.25) is 5.91 Å². The Morgan fingerprint density at radius 1 is 1.03 bits per heavy atom. The molecule has 3 aromatic carbocycles. The van der Waals surface area contributed by atoms with E-state index in [1.807, 2.05) is 74.5 Å². The summed E-state index contributed by atoms with van der Waals surface area (Å²) >= 11 is 0. The van der Waals surface area contributed by atoms with Gasteiger partial charge >= 0.3 is 6.03 Å². The summed E-state index contributed by atoms with van der Waals surface area (Å²) in [5.74, 6) is -0.868. The van der Waals surface area contributed by atoms with Gasteiger partial charge in [0.15, 0.2) is 0 Å². The Morgan fingerprint density at radius 3 is 2.62 bits per heavy atom. The van der Waals surface area contributed by atoms with Crippen molar-refractivity contribution in [1.29, 1.82) is 0 Å². The van der Waals surface area contributed by atoms with Crippen LogP contribution in [0, 0.1) is 19.8 Å². The van der Waals surface area contributed by atoms with Crippen LogP contribution in [-0.4, -0.2) is 11.9 Å². The quantitative estimate of drug-likeness (QED) is 0.618. The number of amides is 3. The molecule has 3 aromatic rings. The maximum absolute atomic E-state index is 13.3. The van der Waals surface area contributed by atoms with E-state index in [-0.39, 0.29) is 11.9 Å². The summed E-state index contributed by atoms with van der Waals surface area (Å²) in [5.41, 5.74) is 4.07. The Labute approximate surface area is 169 Å². The minimum atomic E-state index is -0.654. The van der Waals surface area contributed by atoms with Crippen LogP contribution >= 0.6 is 0 Å². The predicted molar refractivity (Wildman–Crippen MR) is 116 cm³/mol. The molecule has 1 aliphatic heterocycles. The van der Waals surface area contributed by atoms with Crippen LogP contribution in [0.3, 0.4) is 0 Å². The van der Waals surface area contributed by atoms with Crippen molar-refractivity contribution >= 4 is 28.4 Å². The van der Waals surface area contributed by atoms with Crippen molar-refractivity contribution in [3.8, 4) is 0 Å². The lowest BCUT2D eigenvalue weighted by Crippen LogP contribution is -2.51. The molecule has 29 heavy (non-hydrogen) atoms. The monoisotopic (exact) mass is 385 g/mol. The highest BCUT2D eigenvalue weighted by Gasteiger charge is 2.38. The molecular weight excluding hydrogens is 362 g/mol. The number of hydrogen-bond donors (Lipinski definition) is 3. The van der Waals surface area contributed by atoms with Gasteiger partial charge in [0, 0.05) is 11.4 Å². The van der Waals surface area contributed by atoms with Gasteiger partial charge in [-0.1, -0.05) is 61.2 Å². The highest BCUT2D eigenvalue weighted by molar-refractivity contribution is 5.98. The van der Waals surface area contributed by atoms with Crippen molar-refractivity contribution in [1.82, 2.24) is 10.6 Å². The van der Waals surface area contributed by atoms with E-state index in [2.05, 4.69) is 22.5 Å². The molecule has 5 heteroatoms. The number of benzene rings is 3. The molecule has 0 saturated carbocycles. The molecule has 4 rings (SSSR count). The lowest BCUT2D eigenvalue weighted by atomic mass is 9.85. The number of carbonyl (C=O) groups is 2.